The van der Waals surface area contributed by atoms with Crippen LogP contribution in [-0.2, 0) is 19.1 Å². The maximum atomic E-state index is 12.4. The molecule has 3 rings (SSSR count). The van der Waals surface area contributed by atoms with Gasteiger partial charge in [-0.05, 0) is 26.7 Å². The Kier molecular flexibility index (Phi) is 4.71. The fourth-order valence-corrected chi connectivity index (χ4v) is 4.20. The van der Waals surface area contributed by atoms with Gasteiger partial charge in [-0.3, -0.25) is 19.3 Å². The third-order valence-corrected chi connectivity index (χ3v) is 5.25. The minimum absolute atomic E-state index is 0.00229. The normalized spacial score (nSPS) is 34.7. The number of hydrogen-bond acceptors (Lipinski definition) is 4. The van der Waals surface area contributed by atoms with Gasteiger partial charge in [0.15, 0.2) is 0 Å². The Morgan fingerprint density at radius 1 is 1.04 bits per heavy atom. The highest BCUT2D eigenvalue weighted by molar-refractivity contribution is 6.05. The lowest BCUT2D eigenvalue weighted by Crippen LogP contribution is -2.49. The Hall–Kier alpha value is -1.43. The molecule has 0 bridgehead atoms. The van der Waals surface area contributed by atoms with Gasteiger partial charge in [-0.25, -0.2) is 0 Å². The molecule has 0 spiro atoms. The Morgan fingerprint density at radius 3 is 2.09 bits per heavy atom. The molecule has 4 atom stereocenters. The number of imide groups is 1. The zero-order chi connectivity index (χ0) is 16.6. The van der Waals surface area contributed by atoms with Crippen molar-refractivity contribution < 1.29 is 19.1 Å². The van der Waals surface area contributed by atoms with Crippen LogP contribution in [0.1, 0.15) is 46.0 Å². The standard InChI is InChI=1S/C17H26N2O4/c1-11-9-18(10-12(2)23-11)15(20)7-8-19-16(21)13-5-3-4-6-14(13)17(19)22/h11-14H,3-10H2,1-2H3. The van der Waals surface area contributed by atoms with Gasteiger partial charge in [-0.1, -0.05) is 12.8 Å². The molecule has 3 fully saturated rings. The average molecular weight is 322 g/mol. The van der Waals surface area contributed by atoms with Crippen molar-refractivity contribution in [2.45, 2.75) is 58.2 Å². The van der Waals surface area contributed by atoms with E-state index in [1.807, 2.05) is 13.8 Å². The van der Waals surface area contributed by atoms with Crippen molar-refractivity contribution in [1.82, 2.24) is 9.80 Å². The van der Waals surface area contributed by atoms with E-state index >= 15 is 0 Å². The van der Waals surface area contributed by atoms with E-state index in [9.17, 15) is 14.4 Å². The van der Waals surface area contributed by atoms with Gasteiger partial charge in [0.25, 0.3) is 0 Å². The Morgan fingerprint density at radius 2 is 1.57 bits per heavy atom. The van der Waals surface area contributed by atoms with Crippen molar-refractivity contribution in [2.24, 2.45) is 11.8 Å². The van der Waals surface area contributed by atoms with Crippen molar-refractivity contribution in [3.05, 3.63) is 0 Å². The van der Waals surface area contributed by atoms with Crippen molar-refractivity contribution in [3.8, 4) is 0 Å². The third-order valence-electron chi connectivity index (χ3n) is 5.25. The molecule has 23 heavy (non-hydrogen) atoms. The van der Waals surface area contributed by atoms with Crippen LogP contribution in [0, 0.1) is 11.8 Å². The number of fused-ring (bicyclic) bond motifs is 1. The van der Waals surface area contributed by atoms with E-state index < -0.39 is 0 Å². The number of likely N-dealkylation sites (tertiary alicyclic amines) is 1. The average Bonchev–Trinajstić information content (AvgIpc) is 2.76. The predicted molar refractivity (Wildman–Crippen MR) is 83.4 cm³/mol. The summed E-state index contributed by atoms with van der Waals surface area (Å²) >= 11 is 0. The minimum Gasteiger partial charge on any atom is -0.372 e. The van der Waals surface area contributed by atoms with Gasteiger partial charge >= 0.3 is 0 Å². The summed E-state index contributed by atoms with van der Waals surface area (Å²) in [6, 6.07) is 0. The van der Waals surface area contributed by atoms with E-state index in [1.165, 1.54) is 4.90 Å². The predicted octanol–water partition coefficient (Wildman–Crippen LogP) is 1.19. The van der Waals surface area contributed by atoms with E-state index in [0.29, 0.717) is 13.1 Å². The first-order valence-electron chi connectivity index (χ1n) is 8.76. The maximum Gasteiger partial charge on any atom is 0.233 e. The van der Waals surface area contributed by atoms with E-state index in [2.05, 4.69) is 0 Å². The lowest BCUT2D eigenvalue weighted by molar-refractivity contribution is -0.145. The smallest absolute Gasteiger partial charge is 0.233 e. The molecule has 1 saturated carbocycles. The molecule has 2 saturated heterocycles. The Balaban J connectivity index is 1.56. The summed E-state index contributed by atoms with van der Waals surface area (Å²) in [4.78, 5) is 40.3. The van der Waals surface area contributed by atoms with Gasteiger partial charge in [-0.2, -0.15) is 0 Å². The highest BCUT2D eigenvalue weighted by Gasteiger charge is 2.47. The fourth-order valence-electron chi connectivity index (χ4n) is 4.20. The van der Waals surface area contributed by atoms with Crippen molar-refractivity contribution in [2.75, 3.05) is 19.6 Å². The second kappa shape index (κ2) is 6.59. The molecule has 0 N–H and O–H groups in total. The molecule has 2 heterocycles. The van der Waals surface area contributed by atoms with Crippen LogP contribution in [-0.4, -0.2) is 59.4 Å². The first kappa shape index (κ1) is 16.4. The highest BCUT2D eigenvalue weighted by Crippen LogP contribution is 2.38. The lowest BCUT2D eigenvalue weighted by Gasteiger charge is -2.35. The van der Waals surface area contributed by atoms with E-state index in [1.54, 1.807) is 4.90 Å². The van der Waals surface area contributed by atoms with Crippen molar-refractivity contribution in [3.63, 3.8) is 0 Å². The number of nitrogens with zero attached hydrogens (tertiary/aromatic N) is 2. The number of hydrogen-bond donors (Lipinski definition) is 0. The summed E-state index contributed by atoms with van der Waals surface area (Å²) in [5.74, 6) is -0.375. The summed E-state index contributed by atoms with van der Waals surface area (Å²) < 4.78 is 5.63. The number of morpholine rings is 1. The molecule has 0 aromatic heterocycles. The van der Waals surface area contributed by atoms with Gasteiger partial charge in [-0.15, -0.1) is 0 Å². The van der Waals surface area contributed by atoms with Gasteiger partial charge in [0.05, 0.1) is 24.0 Å². The molecule has 128 valence electrons. The third kappa shape index (κ3) is 3.27. The molecule has 6 nitrogen and oxygen atoms in total. The molecule has 2 aliphatic heterocycles. The van der Waals surface area contributed by atoms with Crippen LogP contribution in [0.25, 0.3) is 0 Å². The summed E-state index contributed by atoms with van der Waals surface area (Å²) in [7, 11) is 0. The summed E-state index contributed by atoms with van der Waals surface area (Å²) in [5, 5.41) is 0. The number of ether oxygens (including phenoxy) is 1. The van der Waals surface area contributed by atoms with E-state index in [-0.39, 0.29) is 54.7 Å². The molecule has 6 heteroatoms. The lowest BCUT2D eigenvalue weighted by atomic mass is 9.81. The number of rotatable bonds is 3. The van der Waals surface area contributed by atoms with E-state index in [4.69, 9.17) is 4.74 Å². The van der Waals surface area contributed by atoms with Gasteiger partial charge in [0.2, 0.25) is 17.7 Å². The fraction of sp³-hybridized carbons (Fsp3) is 0.824. The zero-order valence-corrected chi connectivity index (χ0v) is 14.0. The molecular formula is C17H26N2O4. The number of carbonyl (C=O) groups is 3. The molecule has 0 aromatic rings. The molecule has 3 aliphatic rings. The molecule has 1 aliphatic carbocycles. The summed E-state index contributed by atoms with van der Waals surface area (Å²) in [5.41, 5.74) is 0. The molecule has 3 amide bonds. The van der Waals surface area contributed by atoms with Crippen LogP contribution in [0.4, 0.5) is 0 Å². The molecule has 0 radical (unpaired) electrons. The van der Waals surface area contributed by atoms with Crippen LogP contribution in [0.5, 0.6) is 0 Å². The maximum absolute atomic E-state index is 12.4. The van der Waals surface area contributed by atoms with Gasteiger partial charge < -0.3 is 9.64 Å². The second-order valence-corrected chi connectivity index (χ2v) is 7.13. The largest absolute Gasteiger partial charge is 0.372 e. The van der Waals surface area contributed by atoms with Crippen molar-refractivity contribution in [1.29, 1.82) is 0 Å². The Labute approximate surface area is 137 Å². The molecule has 4 unspecified atom stereocenters. The quantitative estimate of drug-likeness (QED) is 0.732. The molecular weight excluding hydrogens is 296 g/mol. The zero-order valence-electron chi connectivity index (χ0n) is 14.0. The first-order valence-corrected chi connectivity index (χ1v) is 8.76. The highest BCUT2D eigenvalue weighted by atomic mass is 16.5. The SMILES string of the molecule is CC1CN(C(=O)CCN2C(=O)C3CCCCC3C2=O)CC(C)O1. The van der Waals surface area contributed by atoms with Gasteiger partial charge in [0, 0.05) is 26.1 Å². The Bertz CT molecular complexity index is 473. The minimum atomic E-state index is -0.130. The number of carbonyl (C=O) groups excluding carboxylic acids is 3. The van der Waals surface area contributed by atoms with Gasteiger partial charge in [0.1, 0.15) is 0 Å². The molecule has 0 aromatic carbocycles. The van der Waals surface area contributed by atoms with Crippen LogP contribution in [0.3, 0.4) is 0 Å². The van der Waals surface area contributed by atoms with Crippen LogP contribution < -0.4 is 0 Å². The van der Waals surface area contributed by atoms with E-state index in [0.717, 1.165) is 25.7 Å². The van der Waals surface area contributed by atoms with Crippen molar-refractivity contribution >= 4 is 17.7 Å². The number of amides is 3. The summed E-state index contributed by atoms with van der Waals surface area (Å²) in [6.07, 6.45) is 3.96. The van der Waals surface area contributed by atoms with Crippen LogP contribution in [0.15, 0.2) is 0 Å². The van der Waals surface area contributed by atoms with Crippen LogP contribution in [0.2, 0.25) is 0 Å². The second-order valence-electron chi connectivity index (χ2n) is 7.13. The summed E-state index contributed by atoms with van der Waals surface area (Å²) in [6.45, 7) is 5.29. The topological polar surface area (TPSA) is 66.9 Å². The monoisotopic (exact) mass is 322 g/mol. The van der Waals surface area contributed by atoms with Crippen LogP contribution >= 0.6 is 0 Å². The first-order chi connectivity index (χ1) is 11.0.